The van der Waals surface area contributed by atoms with E-state index in [9.17, 15) is 14.4 Å². The Labute approximate surface area is 178 Å². The maximum atomic E-state index is 12.4. The number of amides is 1. The number of hydrogen-bond donors (Lipinski definition) is 1. The minimum atomic E-state index is -0.458. The topological polar surface area (TPSA) is 72.5 Å². The number of ketones is 1. The van der Waals surface area contributed by atoms with Gasteiger partial charge in [-0.05, 0) is 72.2 Å². The maximum absolute atomic E-state index is 12.4. The number of hydrogen-bond acceptors (Lipinski definition) is 5. The third-order valence-corrected chi connectivity index (χ3v) is 5.93. The zero-order valence-corrected chi connectivity index (χ0v) is 17.2. The lowest BCUT2D eigenvalue weighted by atomic mass is 10.0. The van der Waals surface area contributed by atoms with Gasteiger partial charge in [0.1, 0.15) is 5.75 Å². The molecule has 6 heteroatoms. The molecule has 1 heterocycles. The van der Waals surface area contributed by atoms with Crippen molar-refractivity contribution in [3.05, 3.63) is 81.5 Å². The van der Waals surface area contributed by atoms with Crippen LogP contribution in [0, 0.1) is 0 Å². The van der Waals surface area contributed by atoms with E-state index in [1.807, 2.05) is 29.6 Å². The molecule has 0 saturated carbocycles. The van der Waals surface area contributed by atoms with E-state index in [0.717, 1.165) is 19.3 Å². The van der Waals surface area contributed by atoms with Crippen molar-refractivity contribution in [1.29, 1.82) is 0 Å². The van der Waals surface area contributed by atoms with Crippen molar-refractivity contribution >= 4 is 34.7 Å². The Morgan fingerprint density at radius 1 is 0.933 bits per heavy atom. The fraction of sp³-hybridized carbons (Fsp3) is 0.208. The second-order valence-corrected chi connectivity index (χ2v) is 8.14. The summed E-state index contributed by atoms with van der Waals surface area (Å²) in [7, 11) is 0. The average molecular weight is 420 g/mol. The number of carbonyl (C=O) groups is 3. The predicted molar refractivity (Wildman–Crippen MR) is 116 cm³/mol. The Balaban J connectivity index is 1.26. The highest BCUT2D eigenvalue weighted by Gasteiger charge is 2.15. The Hall–Kier alpha value is -3.25. The number of fused-ring (bicyclic) bond motifs is 1. The van der Waals surface area contributed by atoms with Crippen molar-refractivity contribution in [2.75, 3.05) is 5.32 Å². The highest BCUT2D eigenvalue weighted by Crippen LogP contribution is 2.24. The van der Waals surface area contributed by atoms with Crippen LogP contribution in [0.5, 0.6) is 5.75 Å². The van der Waals surface area contributed by atoms with Gasteiger partial charge in [0.05, 0.1) is 11.3 Å². The number of benzene rings is 2. The summed E-state index contributed by atoms with van der Waals surface area (Å²) in [6.45, 7) is 0. The minimum Gasteiger partial charge on any atom is -0.427 e. The molecular weight excluding hydrogens is 398 g/mol. The van der Waals surface area contributed by atoms with Crippen LogP contribution in [0.3, 0.4) is 0 Å². The number of thiophene rings is 1. The number of Topliss-reactive ketones (excluding diaryl/α,β-unsaturated/α-hetero) is 1. The third-order valence-electron chi connectivity index (χ3n) is 5.07. The zero-order valence-electron chi connectivity index (χ0n) is 16.4. The highest BCUT2D eigenvalue weighted by atomic mass is 32.1. The van der Waals surface area contributed by atoms with Gasteiger partial charge in [-0.25, -0.2) is 0 Å². The fourth-order valence-electron chi connectivity index (χ4n) is 3.49. The summed E-state index contributed by atoms with van der Waals surface area (Å²) >= 11 is 1.36. The molecule has 4 rings (SSSR count). The molecule has 0 bridgehead atoms. The van der Waals surface area contributed by atoms with E-state index < -0.39 is 5.97 Å². The molecule has 0 spiro atoms. The lowest BCUT2D eigenvalue weighted by Gasteiger charge is -2.07. The van der Waals surface area contributed by atoms with Crippen LogP contribution < -0.4 is 10.1 Å². The van der Waals surface area contributed by atoms with Crippen LogP contribution >= 0.6 is 11.3 Å². The van der Waals surface area contributed by atoms with E-state index in [0.29, 0.717) is 21.9 Å². The zero-order chi connectivity index (χ0) is 20.9. The minimum absolute atomic E-state index is 0.0206. The van der Waals surface area contributed by atoms with Crippen molar-refractivity contribution in [2.24, 2.45) is 0 Å². The molecule has 3 aromatic rings. The van der Waals surface area contributed by atoms with Crippen LogP contribution in [0.1, 0.15) is 50.4 Å². The number of carbonyl (C=O) groups excluding carboxylic acids is 3. The Kier molecular flexibility index (Phi) is 6.05. The maximum Gasteiger partial charge on any atom is 0.311 e. The first kappa shape index (κ1) is 20.0. The second-order valence-electron chi connectivity index (χ2n) is 7.19. The molecule has 1 N–H and O–H groups in total. The van der Waals surface area contributed by atoms with Gasteiger partial charge in [-0.3, -0.25) is 14.4 Å². The first-order valence-electron chi connectivity index (χ1n) is 9.89. The Morgan fingerprint density at radius 2 is 1.73 bits per heavy atom. The molecule has 0 unspecified atom stereocenters. The number of esters is 1. The standard InChI is InChI=1S/C24H21NO4S/c26-21(18-7-6-16-3-1-4-17(16)15-18)12-13-23(27)29-20-10-8-19(9-11-20)25-24(28)22-5-2-14-30-22/h2,5-11,14-15H,1,3-4,12-13H2,(H,25,28). The van der Waals surface area contributed by atoms with Crippen molar-refractivity contribution in [2.45, 2.75) is 32.1 Å². The van der Waals surface area contributed by atoms with Gasteiger partial charge in [0, 0.05) is 17.7 Å². The van der Waals surface area contributed by atoms with Gasteiger partial charge < -0.3 is 10.1 Å². The van der Waals surface area contributed by atoms with Gasteiger partial charge in [0.2, 0.25) is 0 Å². The van der Waals surface area contributed by atoms with Gasteiger partial charge in [0.15, 0.2) is 5.78 Å². The quantitative estimate of drug-likeness (QED) is 0.330. The Bertz CT molecular complexity index is 1070. The molecule has 1 aromatic heterocycles. The highest BCUT2D eigenvalue weighted by molar-refractivity contribution is 7.12. The van der Waals surface area contributed by atoms with Crippen LogP contribution in [0.15, 0.2) is 60.0 Å². The molecular formula is C24H21NO4S. The van der Waals surface area contributed by atoms with E-state index in [4.69, 9.17) is 4.74 Å². The smallest absolute Gasteiger partial charge is 0.311 e. The molecule has 5 nitrogen and oxygen atoms in total. The molecule has 0 fully saturated rings. The number of rotatable bonds is 7. The largest absolute Gasteiger partial charge is 0.427 e. The van der Waals surface area contributed by atoms with Gasteiger partial charge in [-0.2, -0.15) is 0 Å². The van der Waals surface area contributed by atoms with Crippen molar-refractivity contribution in [1.82, 2.24) is 0 Å². The molecule has 1 aliphatic rings. The van der Waals surface area contributed by atoms with Crippen LogP contribution in [0.2, 0.25) is 0 Å². The van der Waals surface area contributed by atoms with E-state index in [2.05, 4.69) is 5.32 Å². The number of aryl methyl sites for hydroxylation is 2. The van der Waals surface area contributed by atoms with Crippen LogP contribution in [0.4, 0.5) is 5.69 Å². The molecule has 0 saturated heterocycles. The average Bonchev–Trinajstić information content (AvgIpc) is 3.45. The van der Waals surface area contributed by atoms with Gasteiger partial charge in [0.25, 0.3) is 5.91 Å². The SMILES string of the molecule is O=C(CCC(=O)c1ccc2c(c1)CCC2)Oc1ccc(NC(=O)c2cccs2)cc1. The van der Waals surface area contributed by atoms with E-state index in [-0.39, 0.29) is 24.5 Å². The van der Waals surface area contributed by atoms with Crippen molar-refractivity contribution in [3.8, 4) is 5.75 Å². The first-order valence-corrected chi connectivity index (χ1v) is 10.8. The first-order chi connectivity index (χ1) is 14.6. The van der Waals surface area contributed by atoms with Crippen molar-refractivity contribution in [3.63, 3.8) is 0 Å². The molecule has 0 aliphatic heterocycles. The van der Waals surface area contributed by atoms with E-state index in [1.54, 1.807) is 30.3 Å². The normalized spacial score (nSPS) is 12.3. The van der Waals surface area contributed by atoms with Crippen LogP contribution in [-0.4, -0.2) is 17.7 Å². The van der Waals surface area contributed by atoms with Crippen molar-refractivity contribution < 1.29 is 19.1 Å². The molecule has 2 aromatic carbocycles. The summed E-state index contributed by atoms with van der Waals surface area (Å²) in [5, 5.41) is 4.63. The predicted octanol–water partition coefficient (Wildman–Crippen LogP) is 5.06. The molecule has 1 aliphatic carbocycles. The lowest BCUT2D eigenvalue weighted by molar-refractivity contribution is -0.134. The summed E-state index contributed by atoms with van der Waals surface area (Å²) in [5.74, 6) is -0.313. The summed E-state index contributed by atoms with van der Waals surface area (Å²) in [6.07, 6.45) is 3.37. The molecule has 152 valence electrons. The van der Waals surface area contributed by atoms with Crippen LogP contribution in [0.25, 0.3) is 0 Å². The molecule has 0 atom stereocenters. The fourth-order valence-corrected chi connectivity index (χ4v) is 4.11. The second kappa shape index (κ2) is 9.05. The van der Waals surface area contributed by atoms with Crippen LogP contribution in [-0.2, 0) is 17.6 Å². The molecule has 30 heavy (non-hydrogen) atoms. The van der Waals surface area contributed by atoms with Gasteiger partial charge >= 0.3 is 5.97 Å². The number of nitrogens with one attached hydrogen (secondary N) is 1. The third kappa shape index (κ3) is 4.83. The summed E-state index contributed by atoms with van der Waals surface area (Å²) in [4.78, 5) is 37.2. The Morgan fingerprint density at radius 3 is 2.50 bits per heavy atom. The lowest BCUT2D eigenvalue weighted by Crippen LogP contribution is -2.12. The molecule has 1 amide bonds. The number of ether oxygens (including phenoxy) is 1. The van der Waals surface area contributed by atoms with Gasteiger partial charge in [-0.15, -0.1) is 11.3 Å². The summed E-state index contributed by atoms with van der Waals surface area (Å²) < 4.78 is 5.31. The number of anilines is 1. The monoisotopic (exact) mass is 419 g/mol. The van der Waals surface area contributed by atoms with E-state index in [1.165, 1.54) is 22.5 Å². The van der Waals surface area contributed by atoms with Gasteiger partial charge in [-0.1, -0.05) is 18.2 Å². The summed E-state index contributed by atoms with van der Waals surface area (Å²) in [6, 6.07) is 16.0. The van der Waals surface area contributed by atoms with E-state index >= 15 is 0 Å². The summed E-state index contributed by atoms with van der Waals surface area (Å²) in [5.41, 5.74) is 3.84. The molecule has 0 radical (unpaired) electrons.